The monoisotopic (exact) mass is 738 g/mol. The molecule has 0 spiro atoms. The van der Waals surface area contributed by atoms with Gasteiger partial charge >= 0.3 is 24.3 Å². The van der Waals surface area contributed by atoms with Crippen molar-refractivity contribution in [1.29, 1.82) is 0 Å². The van der Waals surface area contributed by atoms with Gasteiger partial charge in [0.1, 0.15) is 12.7 Å². The standard InChI is InChI=1S/C40H48F6O6/c1-28(2)16-14-18-30(4)26-34(52-36(48)38(50-7,40(44,45)46)33-22-12-9-13-23-33)27-31(5)19-15-17-29(3)24-25-51-35(47)37(49-6,39(41,42)43)32-20-10-8-11-21-32/h8-13,16,19-24,26,34H,14-15,17-18,25,27H2,1-7H3/b29-24+,30-26+,31-19+/t34-,37?,38?/m0/s1. The minimum absolute atomic E-state index is 0.0918. The second kappa shape index (κ2) is 19.6. The third-order valence-electron chi connectivity index (χ3n) is 8.37. The number of carbonyl (C=O) groups excluding carboxylic acids is 2. The molecule has 0 aromatic heterocycles. The van der Waals surface area contributed by atoms with E-state index in [1.54, 1.807) is 19.9 Å². The molecule has 3 atom stereocenters. The predicted octanol–water partition coefficient (Wildman–Crippen LogP) is 10.4. The summed E-state index contributed by atoms with van der Waals surface area (Å²) >= 11 is 0. The first-order chi connectivity index (χ1) is 24.3. The highest BCUT2D eigenvalue weighted by atomic mass is 19.4. The van der Waals surface area contributed by atoms with E-state index in [0.717, 1.165) is 55.2 Å². The Morgan fingerprint density at radius 3 is 1.56 bits per heavy atom. The summed E-state index contributed by atoms with van der Waals surface area (Å²) < 4.78 is 106. The fraction of sp³-hybridized carbons (Fsp3) is 0.450. The van der Waals surface area contributed by atoms with Crippen molar-refractivity contribution in [3.8, 4) is 0 Å². The number of methoxy groups -OCH3 is 2. The Hall–Kier alpha value is -4.16. The smallest absolute Gasteiger partial charge is 0.432 e. The van der Waals surface area contributed by atoms with Crippen molar-refractivity contribution in [1.82, 2.24) is 0 Å². The zero-order valence-corrected chi connectivity index (χ0v) is 30.6. The SMILES string of the molecule is COC(C(=O)OC/C=C(\C)CC/C=C(\C)C[C@H](/C=C(\C)CCC=C(C)C)OC(=O)C(OC)(c1ccccc1)C(F)(F)F)(c1ccccc1)C(F)(F)F. The lowest BCUT2D eigenvalue weighted by molar-refractivity contribution is -0.277. The van der Waals surface area contributed by atoms with Crippen molar-refractivity contribution in [2.45, 2.75) is 96.4 Å². The molecule has 0 heterocycles. The molecule has 0 saturated carbocycles. The number of halogens is 6. The van der Waals surface area contributed by atoms with Gasteiger partial charge in [0.25, 0.3) is 11.2 Å². The number of hydrogen-bond donors (Lipinski definition) is 0. The van der Waals surface area contributed by atoms with Gasteiger partial charge in [0.15, 0.2) is 0 Å². The Morgan fingerprint density at radius 2 is 1.10 bits per heavy atom. The van der Waals surface area contributed by atoms with Crippen LogP contribution in [0.2, 0.25) is 0 Å². The molecule has 0 aliphatic carbocycles. The van der Waals surface area contributed by atoms with Crippen LogP contribution in [0.25, 0.3) is 0 Å². The summed E-state index contributed by atoms with van der Waals surface area (Å²) in [5.41, 5.74) is -4.09. The number of benzene rings is 2. The van der Waals surface area contributed by atoms with Gasteiger partial charge in [-0.25, -0.2) is 9.59 Å². The lowest BCUT2D eigenvalue weighted by Crippen LogP contribution is -2.52. The van der Waals surface area contributed by atoms with E-state index in [-0.39, 0.29) is 6.42 Å². The van der Waals surface area contributed by atoms with E-state index in [1.165, 1.54) is 42.5 Å². The Morgan fingerprint density at radius 1 is 0.635 bits per heavy atom. The minimum atomic E-state index is -5.13. The fourth-order valence-corrected chi connectivity index (χ4v) is 5.53. The first kappa shape index (κ1) is 44.0. The second-order valence-electron chi connectivity index (χ2n) is 12.7. The first-order valence-corrected chi connectivity index (χ1v) is 16.7. The van der Waals surface area contributed by atoms with Crippen LogP contribution in [-0.4, -0.2) is 51.2 Å². The van der Waals surface area contributed by atoms with E-state index in [4.69, 9.17) is 18.9 Å². The number of ether oxygens (including phenoxy) is 4. The molecule has 0 radical (unpaired) electrons. The zero-order chi connectivity index (χ0) is 39.2. The highest BCUT2D eigenvalue weighted by molar-refractivity contribution is 5.83. The third-order valence-corrected chi connectivity index (χ3v) is 8.37. The second-order valence-corrected chi connectivity index (χ2v) is 12.7. The first-order valence-electron chi connectivity index (χ1n) is 16.7. The normalized spacial score (nSPS) is 16.0. The number of esters is 2. The molecular formula is C40H48F6O6. The van der Waals surface area contributed by atoms with E-state index in [1.807, 2.05) is 32.9 Å². The molecule has 0 amide bonds. The van der Waals surface area contributed by atoms with Crippen LogP contribution in [0, 0.1) is 0 Å². The lowest BCUT2D eigenvalue weighted by atomic mass is 9.92. The van der Waals surface area contributed by atoms with Gasteiger partial charge in [-0.2, -0.15) is 26.3 Å². The molecule has 0 saturated heterocycles. The molecule has 12 heteroatoms. The highest BCUT2D eigenvalue weighted by Crippen LogP contribution is 2.44. The molecule has 2 aromatic rings. The molecule has 0 fully saturated rings. The van der Waals surface area contributed by atoms with Crippen LogP contribution in [0.3, 0.4) is 0 Å². The van der Waals surface area contributed by atoms with Crippen molar-refractivity contribution in [3.05, 3.63) is 118 Å². The molecule has 0 N–H and O–H groups in total. The predicted molar refractivity (Wildman–Crippen MR) is 187 cm³/mol. The van der Waals surface area contributed by atoms with E-state index < -0.39 is 59.3 Å². The van der Waals surface area contributed by atoms with E-state index in [0.29, 0.717) is 31.3 Å². The average Bonchev–Trinajstić information content (AvgIpc) is 3.05. The molecule has 2 rings (SSSR count). The summed E-state index contributed by atoms with van der Waals surface area (Å²) in [4.78, 5) is 26.2. The molecule has 0 aliphatic rings. The third kappa shape index (κ3) is 11.4. The van der Waals surface area contributed by atoms with Crippen LogP contribution in [0.5, 0.6) is 0 Å². The average molecular weight is 739 g/mol. The van der Waals surface area contributed by atoms with Gasteiger partial charge in [-0.15, -0.1) is 0 Å². The quantitative estimate of drug-likeness (QED) is 0.0862. The summed E-state index contributed by atoms with van der Waals surface area (Å²) in [5.74, 6) is -3.20. The number of carbonyl (C=O) groups is 2. The molecule has 0 bridgehead atoms. The summed E-state index contributed by atoms with van der Waals surface area (Å²) in [7, 11) is 1.60. The van der Waals surface area contributed by atoms with E-state index in [9.17, 15) is 35.9 Å². The fourth-order valence-electron chi connectivity index (χ4n) is 5.53. The Labute approximate surface area is 302 Å². The van der Waals surface area contributed by atoms with E-state index >= 15 is 0 Å². The van der Waals surface area contributed by atoms with Crippen molar-refractivity contribution < 1.29 is 54.9 Å². The van der Waals surface area contributed by atoms with Gasteiger partial charge in [0, 0.05) is 31.8 Å². The summed E-state index contributed by atoms with van der Waals surface area (Å²) in [5, 5.41) is 0. The van der Waals surface area contributed by atoms with Crippen molar-refractivity contribution >= 4 is 11.9 Å². The summed E-state index contributed by atoms with van der Waals surface area (Å²) in [6, 6.07) is 13.1. The van der Waals surface area contributed by atoms with Gasteiger partial charge in [-0.3, -0.25) is 0 Å². The number of hydrogen-bond acceptors (Lipinski definition) is 6. The van der Waals surface area contributed by atoms with Crippen molar-refractivity contribution in [3.63, 3.8) is 0 Å². The maximum absolute atomic E-state index is 14.6. The van der Waals surface area contributed by atoms with Crippen molar-refractivity contribution in [2.75, 3.05) is 20.8 Å². The lowest BCUT2D eigenvalue weighted by Gasteiger charge is -2.33. The molecule has 286 valence electrons. The molecule has 2 unspecified atom stereocenters. The van der Waals surface area contributed by atoms with Crippen LogP contribution in [0.4, 0.5) is 26.3 Å². The zero-order valence-electron chi connectivity index (χ0n) is 30.6. The Bertz CT molecular complexity index is 1570. The number of alkyl halides is 6. The maximum Gasteiger partial charge on any atom is 0.432 e. The maximum atomic E-state index is 14.6. The van der Waals surface area contributed by atoms with E-state index in [2.05, 4.69) is 0 Å². The number of allylic oxidation sites excluding steroid dienone is 5. The van der Waals surface area contributed by atoms with Crippen molar-refractivity contribution in [2.24, 2.45) is 0 Å². The molecule has 0 aliphatic heterocycles. The number of rotatable bonds is 18. The van der Waals surface area contributed by atoms with Gasteiger partial charge in [-0.1, -0.05) is 95.1 Å². The molecule has 52 heavy (non-hydrogen) atoms. The summed E-state index contributed by atoms with van der Waals surface area (Å²) in [6.45, 7) is 8.77. The topological polar surface area (TPSA) is 71.1 Å². The minimum Gasteiger partial charge on any atom is -0.459 e. The largest absolute Gasteiger partial charge is 0.459 e. The van der Waals surface area contributed by atoms with Crippen LogP contribution in [0.15, 0.2) is 107 Å². The highest BCUT2D eigenvalue weighted by Gasteiger charge is 2.65. The van der Waals surface area contributed by atoms with Crippen LogP contribution < -0.4 is 0 Å². The van der Waals surface area contributed by atoms with Gasteiger partial charge in [0.2, 0.25) is 0 Å². The van der Waals surface area contributed by atoms with Gasteiger partial charge < -0.3 is 18.9 Å². The van der Waals surface area contributed by atoms with Crippen LogP contribution in [0.1, 0.15) is 77.8 Å². The van der Waals surface area contributed by atoms with Crippen LogP contribution >= 0.6 is 0 Å². The van der Waals surface area contributed by atoms with Crippen LogP contribution in [-0.2, 0) is 39.7 Å². The Balaban J connectivity index is 2.21. The molecule has 6 nitrogen and oxygen atoms in total. The van der Waals surface area contributed by atoms with Gasteiger partial charge in [0.05, 0.1) is 0 Å². The Kier molecular flexibility index (Phi) is 16.6. The van der Waals surface area contributed by atoms with Gasteiger partial charge in [-0.05, 0) is 72.5 Å². The molecular weight excluding hydrogens is 690 g/mol. The molecule has 2 aromatic carbocycles. The summed E-state index contributed by atoms with van der Waals surface area (Å²) in [6.07, 6.45) is -2.02.